The average Bonchev–Trinajstić information content (AvgIpc) is 2.78. The summed E-state index contributed by atoms with van der Waals surface area (Å²) in [6.07, 6.45) is 0. The van der Waals surface area contributed by atoms with E-state index in [1.54, 1.807) is 23.0 Å². The van der Waals surface area contributed by atoms with Crippen molar-refractivity contribution >= 4 is 17.2 Å². The van der Waals surface area contributed by atoms with Crippen LogP contribution in [0.5, 0.6) is 0 Å². The van der Waals surface area contributed by atoms with E-state index in [9.17, 15) is 0 Å². The molecule has 2 aromatic rings. The molecule has 0 aromatic carbocycles. The minimum atomic E-state index is 0.288. The molecule has 70 valence electrons. The van der Waals surface area contributed by atoms with Gasteiger partial charge in [-0.3, -0.25) is 0 Å². The number of rotatable bonds is 1. The summed E-state index contributed by atoms with van der Waals surface area (Å²) in [6.45, 7) is 0. The van der Waals surface area contributed by atoms with E-state index in [0.717, 1.165) is 10.7 Å². The molecule has 0 spiro atoms. The van der Waals surface area contributed by atoms with Crippen molar-refractivity contribution in [2.45, 2.75) is 0 Å². The molecule has 0 saturated carbocycles. The lowest BCUT2D eigenvalue weighted by Crippen LogP contribution is -1.98. The fraction of sp³-hybridized carbons (Fsp3) is 0.111. The molecule has 0 fully saturated rings. The minimum Gasteiger partial charge on any atom is -0.383 e. The van der Waals surface area contributed by atoms with Crippen LogP contribution in [-0.2, 0) is 7.05 Å². The van der Waals surface area contributed by atoms with Gasteiger partial charge in [0.15, 0.2) is 11.5 Å². The summed E-state index contributed by atoms with van der Waals surface area (Å²) in [5.74, 6) is 1.16. The molecule has 4 nitrogen and oxygen atoms in total. The highest BCUT2D eigenvalue weighted by molar-refractivity contribution is 7.13. The first-order valence-corrected chi connectivity index (χ1v) is 4.88. The average molecular weight is 204 g/mol. The number of hydrogen-bond acceptors (Lipinski definition) is 4. The predicted molar refractivity (Wildman–Crippen MR) is 55.6 cm³/mol. The number of nitrogen functional groups attached to an aromatic ring is 1. The molecule has 0 radical (unpaired) electrons. The first kappa shape index (κ1) is 8.78. The van der Waals surface area contributed by atoms with Crippen molar-refractivity contribution in [1.82, 2.24) is 9.55 Å². The Labute approximate surface area is 85.2 Å². The van der Waals surface area contributed by atoms with Crippen molar-refractivity contribution in [3.05, 3.63) is 23.2 Å². The Kier molecular flexibility index (Phi) is 1.98. The smallest absolute Gasteiger partial charge is 0.183 e. The van der Waals surface area contributed by atoms with E-state index in [0.29, 0.717) is 5.82 Å². The monoisotopic (exact) mass is 204 g/mol. The van der Waals surface area contributed by atoms with E-state index < -0.39 is 0 Å². The van der Waals surface area contributed by atoms with E-state index in [4.69, 9.17) is 11.0 Å². The molecule has 5 heteroatoms. The van der Waals surface area contributed by atoms with Crippen LogP contribution in [-0.4, -0.2) is 9.55 Å². The zero-order valence-electron chi connectivity index (χ0n) is 7.56. The van der Waals surface area contributed by atoms with Crippen LogP contribution in [0.4, 0.5) is 5.82 Å². The Morgan fingerprint density at radius 3 is 2.93 bits per heavy atom. The Balaban J connectivity index is 2.62. The Morgan fingerprint density at radius 1 is 1.64 bits per heavy atom. The van der Waals surface area contributed by atoms with Gasteiger partial charge in [-0.15, -0.1) is 11.3 Å². The molecule has 0 aliphatic carbocycles. The van der Waals surface area contributed by atoms with Crippen molar-refractivity contribution in [3.8, 4) is 16.8 Å². The topological polar surface area (TPSA) is 67.6 Å². The molecular formula is C9H8N4S. The summed E-state index contributed by atoms with van der Waals surface area (Å²) in [4.78, 5) is 5.17. The van der Waals surface area contributed by atoms with Gasteiger partial charge in [0, 0.05) is 7.05 Å². The maximum Gasteiger partial charge on any atom is 0.183 e. The second-order valence-electron chi connectivity index (χ2n) is 2.82. The summed E-state index contributed by atoms with van der Waals surface area (Å²) in [7, 11) is 1.80. The van der Waals surface area contributed by atoms with Crippen LogP contribution in [0.1, 0.15) is 5.69 Å². The van der Waals surface area contributed by atoms with Crippen molar-refractivity contribution in [2.75, 3.05) is 5.73 Å². The molecule has 2 rings (SSSR count). The van der Waals surface area contributed by atoms with Gasteiger partial charge in [0.1, 0.15) is 11.9 Å². The summed E-state index contributed by atoms with van der Waals surface area (Å²) in [6, 6.07) is 5.86. The summed E-state index contributed by atoms with van der Waals surface area (Å²) >= 11 is 1.57. The second kappa shape index (κ2) is 3.16. The van der Waals surface area contributed by atoms with E-state index in [-0.39, 0.29) is 5.69 Å². The van der Waals surface area contributed by atoms with Gasteiger partial charge in [-0.05, 0) is 11.4 Å². The van der Waals surface area contributed by atoms with Gasteiger partial charge < -0.3 is 10.3 Å². The molecule has 0 aliphatic heterocycles. The largest absolute Gasteiger partial charge is 0.383 e. The molecule has 0 bridgehead atoms. The predicted octanol–water partition coefficient (Wildman–Crippen LogP) is 1.60. The highest BCUT2D eigenvalue weighted by Gasteiger charge is 2.13. The number of anilines is 1. The van der Waals surface area contributed by atoms with Crippen LogP contribution >= 0.6 is 11.3 Å². The molecule has 0 unspecified atom stereocenters. The Bertz CT molecular complexity index is 490. The van der Waals surface area contributed by atoms with E-state index in [1.807, 2.05) is 23.6 Å². The number of thiophene rings is 1. The highest BCUT2D eigenvalue weighted by Crippen LogP contribution is 2.26. The minimum absolute atomic E-state index is 0.288. The van der Waals surface area contributed by atoms with Crippen LogP contribution in [0.3, 0.4) is 0 Å². The van der Waals surface area contributed by atoms with Crippen LogP contribution < -0.4 is 5.73 Å². The van der Waals surface area contributed by atoms with Gasteiger partial charge >= 0.3 is 0 Å². The van der Waals surface area contributed by atoms with Crippen LogP contribution in [0.15, 0.2) is 17.5 Å². The molecular weight excluding hydrogens is 196 g/mol. The first-order chi connectivity index (χ1) is 6.74. The second-order valence-corrected chi connectivity index (χ2v) is 3.77. The highest BCUT2D eigenvalue weighted by atomic mass is 32.1. The quantitative estimate of drug-likeness (QED) is 0.767. The van der Waals surface area contributed by atoms with Crippen LogP contribution in [0.25, 0.3) is 10.7 Å². The molecule has 0 amide bonds. The van der Waals surface area contributed by atoms with E-state index >= 15 is 0 Å². The summed E-state index contributed by atoms with van der Waals surface area (Å²) in [5, 5.41) is 10.7. The van der Waals surface area contributed by atoms with Gasteiger partial charge in [-0.1, -0.05) is 6.07 Å². The zero-order chi connectivity index (χ0) is 10.1. The fourth-order valence-electron chi connectivity index (χ4n) is 1.22. The standard InChI is InChI=1S/C9H8N4S/c1-13-8(11)6(5-10)12-9(13)7-3-2-4-14-7/h2-4H,11H2,1H3. The maximum atomic E-state index is 8.75. The van der Waals surface area contributed by atoms with Gasteiger partial charge in [-0.2, -0.15) is 5.26 Å². The molecule has 2 heterocycles. The van der Waals surface area contributed by atoms with E-state index in [2.05, 4.69) is 4.98 Å². The van der Waals surface area contributed by atoms with Gasteiger partial charge in [0.2, 0.25) is 0 Å². The van der Waals surface area contributed by atoms with Crippen LogP contribution in [0.2, 0.25) is 0 Å². The molecule has 14 heavy (non-hydrogen) atoms. The van der Waals surface area contributed by atoms with Crippen LogP contribution in [0, 0.1) is 11.3 Å². The van der Waals surface area contributed by atoms with Crippen molar-refractivity contribution < 1.29 is 0 Å². The van der Waals surface area contributed by atoms with E-state index in [1.165, 1.54) is 0 Å². The number of imidazole rings is 1. The number of hydrogen-bond donors (Lipinski definition) is 1. The molecule has 2 N–H and O–H groups in total. The number of nitriles is 1. The number of aromatic nitrogens is 2. The van der Waals surface area contributed by atoms with Crippen molar-refractivity contribution in [2.24, 2.45) is 7.05 Å². The third-order valence-corrected chi connectivity index (χ3v) is 2.85. The Hall–Kier alpha value is -1.80. The molecule has 0 aliphatic rings. The number of nitrogens with zero attached hydrogens (tertiary/aromatic N) is 3. The zero-order valence-corrected chi connectivity index (χ0v) is 8.38. The van der Waals surface area contributed by atoms with Gasteiger partial charge in [-0.25, -0.2) is 4.98 Å². The SMILES string of the molecule is Cn1c(-c2cccs2)nc(C#N)c1N. The lowest BCUT2D eigenvalue weighted by atomic mass is 10.4. The molecule has 2 aromatic heterocycles. The van der Waals surface area contributed by atoms with Gasteiger partial charge in [0.25, 0.3) is 0 Å². The third kappa shape index (κ3) is 1.17. The number of nitrogens with two attached hydrogens (primary N) is 1. The van der Waals surface area contributed by atoms with Crippen molar-refractivity contribution in [1.29, 1.82) is 5.26 Å². The summed E-state index contributed by atoms with van der Waals surface area (Å²) < 4.78 is 1.73. The fourth-order valence-corrected chi connectivity index (χ4v) is 1.97. The third-order valence-electron chi connectivity index (χ3n) is 1.99. The summed E-state index contributed by atoms with van der Waals surface area (Å²) in [5.41, 5.74) is 5.99. The van der Waals surface area contributed by atoms with Gasteiger partial charge in [0.05, 0.1) is 4.88 Å². The lowest BCUT2D eigenvalue weighted by molar-refractivity contribution is 0.940. The lowest BCUT2D eigenvalue weighted by Gasteiger charge is -1.98. The maximum absolute atomic E-state index is 8.75. The normalized spacial score (nSPS) is 10.0. The molecule has 0 saturated heterocycles. The molecule has 0 atom stereocenters. The van der Waals surface area contributed by atoms with Crippen molar-refractivity contribution in [3.63, 3.8) is 0 Å². The Morgan fingerprint density at radius 2 is 2.43 bits per heavy atom. The first-order valence-electron chi connectivity index (χ1n) is 4.00.